The highest BCUT2D eigenvalue weighted by atomic mass is 16.3. The van der Waals surface area contributed by atoms with E-state index in [2.05, 4.69) is 41.9 Å². The Kier molecular flexibility index (Phi) is 3.03. The van der Waals surface area contributed by atoms with Crippen molar-refractivity contribution >= 4 is 10.9 Å². The van der Waals surface area contributed by atoms with Gasteiger partial charge in [0.25, 0.3) is 0 Å². The van der Waals surface area contributed by atoms with Gasteiger partial charge >= 0.3 is 0 Å². The highest BCUT2D eigenvalue weighted by Gasteiger charge is 2.43. The summed E-state index contributed by atoms with van der Waals surface area (Å²) in [5.41, 5.74) is 1.61. The molecule has 0 bridgehead atoms. The highest BCUT2D eigenvalue weighted by Crippen LogP contribution is 2.29. The fraction of sp³-hybridized carbons (Fsp3) is 0.438. The third kappa shape index (κ3) is 2.36. The number of likely N-dealkylation sites (tertiary alicyclic amines) is 1. The maximum Gasteiger partial charge on any atom is 0.0923 e. The van der Waals surface area contributed by atoms with E-state index in [0.29, 0.717) is 5.92 Å². The molecule has 0 spiro atoms. The topological polar surface area (TPSA) is 36.4 Å². The number of pyridine rings is 1. The molecule has 0 saturated carbocycles. The van der Waals surface area contributed by atoms with Crippen molar-refractivity contribution in [2.75, 3.05) is 13.1 Å². The molecule has 2 heterocycles. The molecule has 1 N–H and O–H groups in total. The van der Waals surface area contributed by atoms with Crippen LogP contribution in [0.1, 0.15) is 19.5 Å². The van der Waals surface area contributed by atoms with E-state index in [1.165, 1.54) is 5.39 Å². The summed E-state index contributed by atoms with van der Waals surface area (Å²) >= 11 is 0. The van der Waals surface area contributed by atoms with Crippen LogP contribution in [0.15, 0.2) is 36.4 Å². The summed E-state index contributed by atoms with van der Waals surface area (Å²) in [6.07, 6.45) is 0. The average Bonchev–Trinajstić information content (AvgIpc) is 2.36. The molecule has 0 aliphatic carbocycles. The van der Waals surface area contributed by atoms with Crippen molar-refractivity contribution in [2.24, 2.45) is 5.92 Å². The molecule has 1 aromatic heterocycles. The first-order valence-electron chi connectivity index (χ1n) is 6.86. The van der Waals surface area contributed by atoms with Gasteiger partial charge in [0.05, 0.1) is 16.8 Å². The predicted octanol–water partition coefficient (Wildman–Crippen LogP) is 2.44. The van der Waals surface area contributed by atoms with Crippen molar-refractivity contribution in [1.82, 2.24) is 9.88 Å². The number of aromatic nitrogens is 1. The third-order valence-corrected chi connectivity index (χ3v) is 4.11. The molecule has 3 nitrogen and oxygen atoms in total. The van der Waals surface area contributed by atoms with Crippen LogP contribution in [-0.4, -0.2) is 33.7 Å². The van der Waals surface area contributed by atoms with Gasteiger partial charge in [-0.3, -0.25) is 9.88 Å². The number of aliphatic hydroxyl groups is 1. The van der Waals surface area contributed by atoms with Crippen LogP contribution in [-0.2, 0) is 6.54 Å². The van der Waals surface area contributed by atoms with E-state index < -0.39 is 5.60 Å². The maximum atomic E-state index is 10.2. The maximum absolute atomic E-state index is 10.2. The summed E-state index contributed by atoms with van der Waals surface area (Å²) in [5.74, 6) is 0.313. The first kappa shape index (κ1) is 12.6. The van der Waals surface area contributed by atoms with Gasteiger partial charge in [0.15, 0.2) is 0 Å². The number of hydrogen-bond donors (Lipinski definition) is 1. The van der Waals surface area contributed by atoms with Crippen molar-refractivity contribution < 1.29 is 5.11 Å². The Labute approximate surface area is 113 Å². The van der Waals surface area contributed by atoms with Crippen molar-refractivity contribution in [3.63, 3.8) is 0 Å². The summed E-state index contributed by atoms with van der Waals surface area (Å²) in [5, 5.41) is 11.4. The number of fused-ring (bicyclic) bond motifs is 1. The minimum absolute atomic E-state index is 0.313. The van der Waals surface area contributed by atoms with Gasteiger partial charge in [0.1, 0.15) is 0 Å². The first-order valence-corrected chi connectivity index (χ1v) is 6.86. The van der Waals surface area contributed by atoms with Crippen molar-refractivity contribution in [2.45, 2.75) is 26.0 Å². The Morgan fingerprint density at radius 3 is 2.68 bits per heavy atom. The molecular formula is C16H20N2O. The van der Waals surface area contributed by atoms with Gasteiger partial charge in [-0.15, -0.1) is 0 Å². The molecule has 0 radical (unpaired) electrons. The molecule has 1 fully saturated rings. The summed E-state index contributed by atoms with van der Waals surface area (Å²) in [6, 6.07) is 12.4. The monoisotopic (exact) mass is 256 g/mol. The van der Waals surface area contributed by atoms with Crippen LogP contribution < -0.4 is 0 Å². The summed E-state index contributed by atoms with van der Waals surface area (Å²) in [4.78, 5) is 6.91. The number of hydrogen-bond acceptors (Lipinski definition) is 3. The van der Waals surface area contributed by atoms with E-state index in [1.807, 2.05) is 18.2 Å². The fourth-order valence-electron chi connectivity index (χ4n) is 2.63. The predicted molar refractivity (Wildman–Crippen MR) is 76.8 cm³/mol. The normalized spacial score (nSPS) is 18.7. The molecule has 0 atom stereocenters. The van der Waals surface area contributed by atoms with Crippen LogP contribution in [0.25, 0.3) is 10.9 Å². The van der Waals surface area contributed by atoms with E-state index in [4.69, 9.17) is 0 Å². The molecule has 1 aliphatic heterocycles. The fourth-order valence-corrected chi connectivity index (χ4v) is 2.63. The van der Waals surface area contributed by atoms with Gasteiger partial charge in [0, 0.05) is 25.0 Å². The summed E-state index contributed by atoms with van der Waals surface area (Å²) in [6.45, 7) is 6.47. The summed E-state index contributed by atoms with van der Waals surface area (Å²) < 4.78 is 0. The molecular weight excluding hydrogens is 236 g/mol. The zero-order valence-electron chi connectivity index (χ0n) is 11.5. The van der Waals surface area contributed by atoms with E-state index in [-0.39, 0.29) is 0 Å². The van der Waals surface area contributed by atoms with Crippen LogP contribution >= 0.6 is 0 Å². The number of benzene rings is 1. The highest BCUT2D eigenvalue weighted by molar-refractivity contribution is 5.78. The van der Waals surface area contributed by atoms with E-state index in [0.717, 1.165) is 30.8 Å². The van der Waals surface area contributed by atoms with Crippen LogP contribution in [0.4, 0.5) is 0 Å². The Bertz CT molecular complexity index is 588. The van der Waals surface area contributed by atoms with Crippen molar-refractivity contribution in [3.05, 3.63) is 42.1 Å². The van der Waals surface area contributed by atoms with Gasteiger partial charge < -0.3 is 5.11 Å². The molecule has 1 aliphatic rings. The van der Waals surface area contributed by atoms with Crippen molar-refractivity contribution in [1.29, 1.82) is 0 Å². The van der Waals surface area contributed by atoms with Crippen molar-refractivity contribution in [3.8, 4) is 0 Å². The lowest BCUT2D eigenvalue weighted by atomic mass is 9.83. The molecule has 19 heavy (non-hydrogen) atoms. The molecule has 3 rings (SSSR count). The smallest absolute Gasteiger partial charge is 0.0923 e. The quantitative estimate of drug-likeness (QED) is 0.916. The van der Waals surface area contributed by atoms with Crippen LogP contribution in [0.5, 0.6) is 0 Å². The Morgan fingerprint density at radius 1 is 1.21 bits per heavy atom. The molecule has 2 aromatic rings. The number of rotatable bonds is 3. The second kappa shape index (κ2) is 4.58. The Morgan fingerprint density at radius 2 is 1.95 bits per heavy atom. The molecule has 1 saturated heterocycles. The number of β-amino-alcohol motifs (C(OH)–C–C–N with tert-alkyl or cyclic N) is 1. The minimum atomic E-state index is -0.503. The Balaban J connectivity index is 1.70. The van der Waals surface area contributed by atoms with Crippen LogP contribution in [0.2, 0.25) is 0 Å². The van der Waals surface area contributed by atoms with Gasteiger partial charge in [-0.1, -0.05) is 38.1 Å². The third-order valence-electron chi connectivity index (χ3n) is 4.11. The molecule has 1 aromatic carbocycles. The molecule has 3 heteroatoms. The number of para-hydroxylation sites is 1. The van der Waals surface area contributed by atoms with Gasteiger partial charge in [-0.25, -0.2) is 0 Å². The Hall–Kier alpha value is -1.45. The second-order valence-corrected chi connectivity index (χ2v) is 5.90. The zero-order chi connectivity index (χ0) is 13.5. The largest absolute Gasteiger partial charge is 0.387 e. The first-order chi connectivity index (χ1) is 9.07. The molecule has 0 amide bonds. The zero-order valence-corrected chi connectivity index (χ0v) is 11.5. The lowest BCUT2D eigenvalue weighted by Gasteiger charge is -2.49. The standard InChI is InChI=1S/C16H20N2O/c1-12(2)16(19)10-18(11-16)9-14-8-7-13-5-3-4-6-15(13)17-14/h3-8,12,19H,9-11H2,1-2H3. The van der Waals surface area contributed by atoms with E-state index in [1.54, 1.807) is 0 Å². The van der Waals surface area contributed by atoms with E-state index >= 15 is 0 Å². The summed E-state index contributed by atoms with van der Waals surface area (Å²) in [7, 11) is 0. The SMILES string of the molecule is CC(C)C1(O)CN(Cc2ccc3ccccc3n2)C1. The van der Waals surface area contributed by atoms with E-state index in [9.17, 15) is 5.11 Å². The average molecular weight is 256 g/mol. The van der Waals surface area contributed by atoms with Gasteiger partial charge in [-0.05, 0) is 18.1 Å². The molecule has 100 valence electrons. The van der Waals surface area contributed by atoms with Gasteiger partial charge in [-0.2, -0.15) is 0 Å². The van der Waals surface area contributed by atoms with Crippen LogP contribution in [0, 0.1) is 5.92 Å². The van der Waals surface area contributed by atoms with Gasteiger partial charge in [0.2, 0.25) is 0 Å². The molecule has 0 unspecified atom stereocenters. The second-order valence-electron chi connectivity index (χ2n) is 5.90. The minimum Gasteiger partial charge on any atom is -0.387 e. The number of nitrogens with zero attached hydrogens (tertiary/aromatic N) is 2. The van der Waals surface area contributed by atoms with Crippen LogP contribution in [0.3, 0.4) is 0 Å². The lowest BCUT2D eigenvalue weighted by Crippen LogP contribution is -2.63. The lowest BCUT2D eigenvalue weighted by molar-refractivity contribution is -0.131.